The number of thiazole rings is 1. The first-order valence-corrected chi connectivity index (χ1v) is 8.01. The van der Waals surface area contributed by atoms with Crippen molar-refractivity contribution < 1.29 is 0 Å². The summed E-state index contributed by atoms with van der Waals surface area (Å²) in [4.78, 5) is 11.3. The van der Waals surface area contributed by atoms with Crippen molar-refractivity contribution in [1.82, 2.24) is 14.9 Å². The van der Waals surface area contributed by atoms with Gasteiger partial charge in [0.1, 0.15) is 5.82 Å². The van der Waals surface area contributed by atoms with Crippen LogP contribution in [0, 0.1) is 12.8 Å². The maximum atomic E-state index is 4.48. The summed E-state index contributed by atoms with van der Waals surface area (Å²) in [7, 11) is 0. The van der Waals surface area contributed by atoms with Gasteiger partial charge in [0, 0.05) is 30.7 Å². The lowest BCUT2D eigenvalue weighted by atomic mass is 10.1. The second-order valence-corrected chi connectivity index (χ2v) is 6.13. The Morgan fingerprint density at radius 1 is 1.45 bits per heavy atom. The zero-order valence-electron chi connectivity index (χ0n) is 11.7. The van der Waals surface area contributed by atoms with Gasteiger partial charge in [-0.3, -0.25) is 4.90 Å². The van der Waals surface area contributed by atoms with Crippen molar-refractivity contribution >= 4 is 17.2 Å². The predicted octanol–water partition coefficient (Wildman–Crippen LogP) is 2.78. The van der Waals surface area contributed by atoms with Gasteiger partial charge in [0.25, 0.3) is 0 Å². The van der Waals surface area contributed by atoms with Gasteiger partial charge in [0.15, 0.2) is 0 Å². The van der Waals surface area contributed by atoms with Crippen LogP contribution in [0.3, 0.4) is 0 Å². The molecule has 1 aliphatic rings. The average Bonchev–Trinajstić information content (AvgIpc) is 3.09. The smallest absolute Gasteiger partial charge is 0.126 e. The number of aryl methyl sites for hydroxylation is 1. The summed E-state index contributed by atoms with van der Waals surface area (Å²) in [6.07, 6.45) is 1.25. The van der Waals surface area contributed by atoms with E-state index in [-0.39, 0.29) is 0 Å². The molecular formula is C15H20N4S. The summed E-state index contributed by atoms with van der Waals surface area (Å²) in [5, 5.41) is 5.60. The molecule has 0 bridgehead atoms. The Bertz CT molecular complexity index is 541. The van der Waals surface area contributed by atoms with Gasteiger partial charge in [-0.1, -0.05) is 6.07 Å². The fourth-order valence-electron chi connectivity index (χ4n) is 2.66. The van der Waals surface area contributed by atoms with Crippen molar-refractivity contribution in [2.75, 3.05) is 25.0 Å². The number of hydrogen-bond donors (Lipinski definition) is 1. The molecule has 2 aromatic rings. The minimum atomic E-state index is 0.705. The third-order valence-corrected chi connectivity index (χ3v) is 4.33. The third-order valence-electron chi connectivity index (χ3n) is 3.70. The number of aromatic nitrogens is 2. The molecule has 3 rings (SSSR count). The molecule has 20 heavy (non-hydrogen) atoms. The van der Waals surface area contributed by atoms with Gasteiger partial charge in [-0.15, -0.1) is 11.3 Å². The summed E-state index contributed by atoms with van der Waals surface area (Å²) in [6, 6.07) is 6.11. The Morgan fingerprint density at radius 2 is 2.40 bits per heavy atom. The van der Waals surface area contributed by atoms with Crippen molar-refractivity contribution in [3.63, 3.8) is 0 Å². The molecule has 106 valence electrons. The van der Waals surface area contributed by atoms with E-state index in [0.29, 0.717) is 5.92 Å². The van der Waals surface area contributed by atoms with Gasteiger partial charge in [-0.25, -0.2) is 9.97 Å². The molecule has 1 fully saturated rings. The lowest BCUT2D eigenvalue weighted by Gasteiger charge is -2.15. The quantitative estimate of drug-likeness (QED) is 0.918. The van der Waals surface area contributed by atoms with Crippen LogP contribution in [0.5, 0.6) is 0 Å². The highest BCUT2D eigenvalue weighted by Crippen LogP contribution is 2.19. The van der Waals surface area contributed by atoms with E-state index in [2.05, 4.69) is 25.6 Å². The van der Waals surface area contributed by atoms with Crippen molar-refractivity contribution in [2.24, 2.45) is 5.92 Å². The maximum Gasteiger partial charge on any atom is 0.126 e. The summed E-state index contributed by atoms with van der Waals surface area (Å²) < 4.78 is 0. The zero-order chi connectivity index (χ0) is 13.8. The van der Waals surface area contributed by atoms with E-state index >= 15 is 0 Å². The highest BCUT2D eigenvalue weighted by atomic mass is 32.1. The Labute approximate surface area is 123 Å². The van der Waals surface area contributed by atoms with Crippen molar-refractivity contribution in [1.29, 1.82) is 0 Å². The second-order valence-electron chi connectivity index (χ2n) is 5.41. The molecule has 1 aliphatic heterocycles. The molecule has 0 saturated carbocycles. The second kappa shape index (κ2) is 6.33. The van der Waals surface area contributed by atoms with E-state index in [4.69, 9.17) is 0 Å². The van der Waals surface area contributed by atoms with Gasteiger partial charge in [0.2, 0.25) is 0 Å². The van der Waals surface area contributed by atoms with Gasteiger partial charge < -0.3 is 5.32 Å². The van der Waals surface area contributed by atoms with E-state index in [0.717, 1.165) is 31.1 Å². The number of nitrogens with one attached hydrogen (secondary N) is 1. The van der Waals surface area contributed by atoms with Gasteiger partial charge in [-0.05, 0) is 37.9 Å². The first-order valence-electron chi connectivity index (χ1n) is 7.06. The Morgan fingerprint density at radius 3 is 3.20 bits per heavy atom. The van der Waals surface area contributed by atoms with Gasteiger partial charge in [0.05, 0.1) is 11.2 Å². The summed E-state index contributed by atoms with van der Waals surface area (Å²) >= 11 is 1.67. The van der Waals surface area contributed by atoms with Crippen LogP contribution >= 0.6 is 11.3 Å². The first kappa shape index (κ1) is 13.5. The third kappa shape index (κ3) is 3.55. The highest BCUT2D eigenvalue weighted by molar-refractivity contribution is 7.07. The number of anilines is 1. The van der Waals surface area contributed by atoms with Crippen LogP contribution in [0.2, 0.25) is 0 Å². The van der Waals surface area contributed by atoms with Crippen LogP contribution < -0.4 is 5.32 Å². The number of likely N-dealkylation sites (tertiary alicyclic amines) is 1. The molecule has 1 N–H and O–H groups in total. The standard InChI is InChI=1S/C15H20N4S/c1-12-3-2-4-15(18-12)16-7-13-5-6-19(8-13)9-14-10-20-11-17-14/h2-4,10-11,13H,5-9H2,1H3,(H,16,18)/t13-/m0/s1. The Hall–Kier alpha value is -1.46. The minimum absolute atomic E-state index is 0.705. The normalized spacial score (nSPS) is 19.4. The Balaban J connectivity index is 1.46. The molecule has 4 nitrogen and oxygen atoms in total. The fraction of sp³-hybridized carbons (Fsp3) is 0.467. The van der Waals surface area contributed by atoms with E-state index in [1.54, 1.807) is 11.3 Å². The van der Waals surface area contributed by atoms with E-state index in [9.17, 15) is 0 Å². The molecule has 5 heteroatoms. The highest BCUT2D eigenvalue weighted by Gasteiger charge is 2.22. The fourth-order valence-corrected chi connectivity index (χ4v) is 3.21. The first-order chi connectivity index (χ1) is 9.79. The average molecular weight is 288 g/mol. The minimum Gasteiger partial charge on any atom is -0.370 e. The van der Waals surface area contributed by atoms with E-state index in [1.165, 1.54) is 18.7 Å². The lowest BCUT2D eigenvalue weighted by molar-refractivity contribution is 0.315. The van der Waals surface area contributed by atoms with Crippen LogP contribution in [-0.4, -0.2) is 34.5 Å². The lowest BCUT2D eigenvalue weighted by Crippen LogP contribution is -2.23. The molecule has 3 heterocycles. The maximum absolute atomic E-state index is 4.48. The molecule has 1 atom stereocenters. The molecule has 2 aromatic heterocycles. The van der Waals surface area contributed by atoms with Crippen molar-refractivity contribution in [3.05, 3.63) is 40.5 Å². The van der Waals surface area contributed by atoms with E-state index < -0.39 is 0 Å². The topological polar surface area (TPSA) is 41.0 Å². The number of pyridine rings is 1. The van der Waals surface area contributed by atoms with Crippen LogP contribution in [0.15, 0.2) is 29.1 Å². The summed E-state index contributed by atoms with van der Waals surface area (Å²) in [5.41, 5.74) is 4.17. The van der Waals surface area contributed by atoms with Crippen LogP contribution in [0.4, 0.5) is 5.82 Å². The molecular weight excluding hydrogens is 268 g/mol. The van der Waals surface area contributed by atoms with E-state index in [1.807, 2.05) is 30.6 Å². The molecule has 1 saturated heterocycles. The monoisotopic (exact) mass is 288 g/mol. The van der Waals surface area contributed by atoms with Crippen molar-refractivity contribution in [3.8, 4) is 0 Å². The van der Waals surface area contributed by atoms with Crippen LogP contribution in [0.25, 0.3) is 0 Å². The molecule has 0 amide bonds. The molecule has 0 unspecified atom stereocenters. The van der Waals surface area contributed by atoms with Gasteiger partial charge in [-0.2, -0.15) is 0 Å². The Kier molecular flexibility index (Phi) is 4.28. The zero-order valence-corrected chi connectivity index (χ0v) is 12.6. The predicted molar refractivity (Wildman–Crippen MR) is 83.0 cm³/mol. The molecule has 0 spiro atoms. The SMILES string of the molecule is Cc1cccc(NC[C@@H]2CCN(Cc3cscn3)C2)n1. The summed E-state index contributed by atoms with van der Waals surface area (Å²) in [5.74, 6) is 1.69. The van der Waals surface area contributed by atoms with Gasteiger partial charge >= 0.3 is 0 Å². The molecule has 0 aromatic carbocycles. The molecule has 0 radical (unpaired) electrons. The number of nitrogens with zero attached hydrogens (tertiary/aromatic N) is 3. The number of rotatable bonds is 5. The molecule has 0 aliphatic carbocycles. The van der Waals surface area contributed by atoms with Crippen LogP contribution in [-0.2, 0) is 6.54 Å². The number of hydrogen-bond acceptors (Lipinski definition) is 5. The summed E-state index contributed by atoms with van der Waals surface area (Å²) in [6.45, 7) is 6.34. The largest absolute Gasteiger partial charge is 0.370 e. The van der Waals surface area contributed by atoms with Crippen molar-refractivity contribution in [2.45, 2.75) is 19.9 Å². The van der Waals surface area contributed by atoms with Crippen LogP contribution in [0.1, 0.15) is 17.8 Å².